The molecule has 1 atom stereocenters. The van der Waals surface area contributed by atoms with Gasteiger partial charge in [0, 0.05) is 19.1 Å². The Hall–Kier alpha value is -1.75. The molecule has 1 aromatic carbocycles. The van der Waals surface area contributed by atoms with Crippen LogP contribution in [-0.4, -0.2) is 55.5 Å². The molecule has 0 bridgehead atoms. The molecule has 1 aliphatic heterocycles. The quantitative estimate of drug-likeness (QED) is 0.863. The van der Waals surface area contributed by atoms with Crippen molar-refractivity contribution in [2.45, 2.75) is 25.8 Å². The molecule has 116 valence electrons. The highest BCUT2D eigenvalue weighted by atomic mass is 16.5. The number of likely N-dealkylation sites (N-methyl/N-ethyl adjacent to an activating group) is 1. The topological polar surface area (TPSA) is 58.8 Å². The Labute approximate surface area is 126 Å². The summed E-state index contributed by atoms with van der Waals surface area (Å²) >= 11 is 0. The molecule has 1 aliphatic rings. The van der Waals surface area contributed by atoms with E-state index >= 15 is 0 Å². The molecule has 1 amide bonds. The van der Waals surface area contributed by atoms with Crippen LogP contribution in [0.3, 0.4) is 0 Å². The summed E-state index contributed by atoms with van der Waals surface area (Å²) in [5.74, 6) is 0.564. The van der Waals surface area contributed by atoms with Gasteiger partial charge in [-0.25, -0.2) is 0 Å². The standard InChI is InChI=1S/C16H25N3O2/c1-4-12-11-18(2)9-6-10-19(12)16(20)13-7-5-8-14(21-3)15(13)17/h5,7-8,12H,4,6,9-11,17H2,1-3H3. The third kappa shape index (κ3) is 3.29. The van der Waals surface area contributed by atoms with Crippen LogP contribution in [0.5, 0.6) is 5.75 Å². The Bertz CT molecular complexity index is 504. The lowest BCUT2D eigenvalue weighted by Crippen LogP contribution is -2.43. The van der Waals surface area contributed by atoms with E-state index in [0.717, 1.165) is 32.5 Å². The number of benzene rings is 1. The fourth-order valence-corrected chi connectivity index (χ4v) is 2.92. The van der Waals surface area contributed by atoms with Crippen LogP contribution in [0.2, 0.25) is 0 Å². The van der Waals surface area contributed by atoms with Gasteiger partial charge in [-0.1, -0.05) is 13.0 Å². The number of anilines is 1. The molecule has 5 nitrogen and oxygen atoms in total. The number of nitrogen functional groups attached to an aromatic ring is 1. The smallest absolute Gasteiger partial charge is 0.256 e. The number of para-hydroxylation sites is 1. The fourth-order valence-electron chi connectivity index (χ4n) is 2.92. The average Bonchev–Trinajstić information content (AvgIpc) is 2.68. The Balaban J connectivity index is 2.29. The van der Waals surface area contributed by atoms with Crippen LogP contribution in [0.4, 0.5) is 5.69 Å². The maximum absolute atomic E-state index is 12.9. The number of nitrogens with two attached hydrogens (primary N) is 1. The van der Waals surface area contributed by atoms with Gasteiger partial charge in [0.05, 0.1) is 18.4 Å². The van der Waals surface area contributed by atoms with E-state index in [1.165, 1.54) is 0 Å². The monoisotopic (exact) mass is 291 g/mol. The summed E-state index contributed by atoms with van der Waals surface area (Å²) in [7, 11) is 3.67. The number of hydrogen-bond donors (Lipinski definition) is 1. The van der Waals surface area contributed by atoms with E-state index in [0.29, 0.717) is 17.0 Å². The number of methoxy groups -OCH3 is 1. The Morgan fingerprint density at radius 1 is 1.43 bits per heavy atom. The van der Waals surface area contributed by atoms with E-state index in [1.54, 1.807) is 19.2 Å². The van der Waals surface area contributed by atoms with Crippen LogP contribution in [0.1, 0.15) is 30.1 Å². The normalized spacial score (nSPS) is 20.1. The lowest BCUT2D eigenvalue weighted by molar-refractivity contribution is 0.0676. The molecule has 5 heteroatoms. The predicted octanol–water partition coefficient (Wildman–Crippen LogP) is 1.83. The number of carbonyl (C=O) groups is 1. The van der Waals surface area contributed by atoms with Gasteiger partial charge in [0.25, 0.3) is 5.91 Å². The third-order valence-electron chi connectivity index (χ3n) is 4.15. The van der Waals surface area contributed by atoms with E-state index < -0.39 is 0 Å². The van der Waals surface area contributed by atoms with E-state index in [4.69, 9.17) is 10.5 Å². The number of rotatable bonds is 3. The summed E-state index contributed by atoms with van der Waals surface area (Å²) in [5.41, 5.74) is 7.04. The van der Waals surface area contributed by atoms with Crippen LogP contribution >= 0.6 is 0 Å². The van der Waals surface area contributed by atoms with Gasteiger partial charge >= 0.3 is 0 Å². The zero-order valence-corrected chi connectivity index (χ0v) is 13.1. The second-order valence-corrected chi connectivity index (χ2v) is 5.60. The molecule has 1 fully saturated rings. The minimum atomic E-state index is 0.00792. The molecule has 0 saturated carbocycles. The van der Waals surface area contributed by atoms with Crippen molar-refractivity contribution in [3.8, 4) is 5.75 Å². The second kappa shape index (κ2) is 6.80. The number of hydrogen-bond acceptors (Lipinski definition) is 4. The molecular formula is C16H25N3O2. The van der Waals surface area contributed by atoms with Crippen molar-refractivity contribution in [2.24, 2.45) is 0 Å². The van der Waals surface area contributed by atoms with Gasteiger partial charge in [0.2, 0.25) is 0 Å². The Morgan fingerprint density at radius 3 is 2.86 bits per heavy atom. The van der Waals surface area contributed by atoms with Crippen LogP contribution in [0, 0.1) is 0 Å². The first-order valence-electron chi connectivity index (χ1n) is 7.50. The number of nitrogens with zero attached hydrogens (tertiary/aromatic N) is 2. The van der Waals surface area contributed by atoms with Crippen molar-refractivity contribution in [3.63, 3.8) is 0 Å². The van der Waals surface area contributed by atoms with Crippen LogP contribution in [0.25, 0.3) is 0 Å². The van der Waals surface area contributed by atoms with Gasteiger partial charge in [-0.05, 0) is 38.6 Å². The summed E-state index contributed by atoms with van der Waals surface area (Å²) in [4.78, 5) is 17.1. The predicted molar refractivity (Wildman–Crippen MR) is 84.6 cm³/mol. The molecule has 0 radical (unpaired) electrons. The Morgan fingerprint density at radius 2 is 2.19 bits per heavy atom. The van der Waals surface area contributed by atoms with Gasteiger partial charge in [0.15, 0.2) is 0 Å². The second-order valence-electron chi connectivity index (χ2n) is 5.60. The highest BCUT2D eigenvalue weighted by Crippen LogP contribution is 2.27. The number of amides is 1. The van der Waals surface area contributed by atoms with Gasteiger partial charge in [0.1, 0.15) is 5.75 Å². The van der Waals surface area contributed by atoms with Crippen molar-refractivity contribution in [1.82, 2.24) is 9.80 Å². The highest BCUT2D eigenvalue weighted by molar-refractivity contribution is 6.00. The zero-order chi connectivity index (χ0) is 15.4. The molecule has 1 unspecified atom stereocenters. The van der Waals surface area contributed by atoms with Crippen LogP contribution in [0.15, 0.2) is 18.2 Å². The fraction of sp³-hybridized carbons (Fsp3) is 0.562. The lowest BCUT2D eigenvalue weighted by atomic mass is 10.1. The van der Waals surface area contributed by atoms with Crippen molar-refractivity contribution >= 4 is 11.6 Å². The molecule has 0 spiro atoms. The van der Waals surface area contributed by atoms with Crippen LogP contribution < -0.4 is 10.5 Å². The molecule has 0 aromatic heterocycles. The van der Waals surface area contributed by atoms with Crippen molar-refractivity contribution in [2.75, 3.05) is 39.5 Å². The summed E-state index contributed by atoms with van der Waals surface area (Å²) in [6.07, 6.45) is 1.93. The maximum atomic E-state index is 12.9. The molecule has 21 heavy (non-hydrogen) atoms. The van der Waals surface area contributed by atoms with E-state index in [9.17, 15) is 4.79 Å². The largest absolute Gasteiger partial charge is 0.495 e. The minimum Gasteiger partial charge on any atom is -0.495 e. The SMILES string of the molecule is CCC1CN(C)CCCN1C(=O)c1cccc(OC)c1N. The number of ether oxygens (including phenoxy) is 1. The molecule has 1 aromatic rings. The first kappa shape index (κ1) is 15.6. The summed E-state index contributed by atoms with van der Waals surface area (Å²) in [5, 5.41) is 0. The first-order valence-corrected chi connectivity index (χ1v) is 7.50. The molecular weight excluding hydrogens is 266 g/mol. The minimum absolute atomic E-state index is 0.00792. The average molecular weight is 291 g/mol. The van der Waals surface area contributed by atoms with Gasteiger partial charge in [-0.15, -0.1) is 0 Å². The third-order valence-corrected chi connectivity index (χ3v) is 4.15. The maximum Gasteiger partial charge on any atom is 0.256 e. The zero-order valence-electron chi connectivity index (χ0n) is 13.1. The first-order chi connectivity index (χ1) is 10.1. The summed E-state index contributed by atoms with van der Waals surface area (Å²) in [6, 6.07) is 5.60. The van der Waals surface area contributed by atoms with Crippen molar-refractivity contribution < 1.29 is 9.53 Å². The summed E-state index contributed by atoms with van der Waals surface area (Å²) < 4.78 is 5.21. The molecule has 0 aliphatic carbocycles. The van der Waals surface area contributed by atoms with Gasteiger partial charge in [-0.2, -0.15) is 0 Å². The van der Waals surface area contributed by atoms with Crippen molar-refractivity contribution in [1.29, 1.82) is 0 Å². The van der Waals surface area contributed by atoms with E-state index in [2.05, 4.69) is 18.9 Å². The molecule has 1 saturated heterocycles. The summed E-state index contributed by atoms with van der Waals surface area (Å²) in [6.45, 7) is 4.83. The van der Waals surface area contributed by atoms with Crippen molar-refractivity contribution in [3.05, 3.63) is 23.8 Å². The van der Waals surface area contributed by atoms with Crippen LogP contribution in [-0.2, 0) is 0 Å². The van der Waals surface area contributed by atoms with E-state index in [1.807, 2.05) is 11.0 Å². The number of carbonyl (C=O) groups excluding carboxylic acids is 1. The molecule has 1 heterocycles. The highest BCUT2D eigenvalue weighted by Gasteiger charge is 2.28. The van der Waals surface area contributed by atoms with Gasteiger partial charge in [-0.3, -0.25) is 4.79 Å². The Kier molecular flexibility index (Phi) is 5.07. The lowest BCUT2D eigenvalue weighted by Gasteiger charge is -2.30. The van der Waals surface area contributed by atoms with Gasteiger partial charge < -0.3 is 20.3 Å². The molecule has 2 N–H and O–H groups in total. The molecule has 2 rings (SSSR count). The van der Waals surface area contributed by atoms with E-state index in [-0.39, 0.29) is 11.9 Å².